The lowest BCUT2D eigenvalue weighted by Crippen LogP contribution is -2.42. The summed E-state index contributed by atoms with van der Waals surface area (Å²) in [7, 11) is 0. The van der Waals surface area contributed by atoms with E-state index in [2.05, 4.69) is 31.5 Å². The van der Waals surface area contributed by atoms with Crippen LogP contribution in [0.15, 0.2) is 43.0 Å². The van der Waals surface area contributed by atoms with E-state index in [0.717, 1.165) is 4.90 Å². The molecule has 0 unspecified atom stereocenters. The number of hydrogen-bond donors (Lipinski definition) is 2. The second-order valence-electron chi connectivity index (χ2n) is 6.83. The molecule has 0 spiro atoms. The van der Waals surface area contributed by atoms with Gasteiger partial charge < -0.3 is 15.2 Å². The Kier molecular flexibility index (Phi) is 4.63. The standard InChI is InChI=1S/C20H17N7O3/c1-3-9-26-12-23-15-16(21-11-22-17(15)26)24-14(28)10-27-18(29)20(2,25-19(27)30)13-7-5-4-6-8-13/h1,4-8,11-12H,9-10H2,2H3,(H,25,30)(H,21,22,24,28)/t20-/m1/s1. The summed E-state index contributed by atoms with van der Waals surface area (Å²) in [6.45, 7) is 1.40. The van der Waals surface area contributed by atoms with Gasteiger partial charge in [-0.05, 0) is 12.5 Å². The Morgan fingerprint density at radius 2 is 2.00 bits per heavy atom. The van der Waals surface area contributed by atoms with Crippen LogP contribution < -0.4 is 10.6 Å². The monoisotopic (exact) mass is 403 g/mol. The molecule has 0 aliphatic carbocycles. The zero-order valence-electron chi connectivity index (χ0n) is 16.0. The van der Waals surface area contributed by atoms with Gasteiger partial charge in [0.15, 0.2) is 17.0 Å². The van der Waals surface area contributed by atoms with Crippen LogP contribution in [0, 0.1) is 12.3 Å². The third-order valence-electron chi connectivity index (χ3n) is 4.85. The van der Waals surface area contributed by atoms with Crippen LogP contribution in [0.2, 0.25) is 0 Å². The third kappa shape index (κ3) is 3.12. The fraction of sp³-hybridized carbons (Fsp3) is 0.200. The van der Waals surface area contributed by atoms with Gasteiger partial charge in [-0.25, -0.2) is 19.7 Å². The van der Waals surface area contributed by atoms with Crippen molar-refractivity contribution in [2.45, 2.75) is 19.0 Å². The highest BCUT2D eigenvalue weighted by Gasteiger charge is 2.49. The largest absolute Gasteiger partial charge is 0.325 e. The van der Waals surface area contributed by atoms with Crippen molar-refractivity contribution in [3.63, 3.8) is 0 Å². The number of imidazole rings is 1. The minimum absolute atomic E-state index is 0.165. The molecule has 0 bridgehead atoms. The predicted octanol–water partition coefficient (Wildman–Crippen LogP) is 0.865. The molecule has 10 heteroatoms. The van der Waals surface area contributed by atoms with E-state index in [0.29, 0.717) is 16.7 Å². The van der Waals surface area contributed by atoms with E-state index in [1.165, 1.54) is 12.7 Å². The Balaban J connectivity index is 1.52. The number of hydrogen-bond acceptors (Lipinski definition) is 6. The van der Waals surface area contributed by atoms with Crippen LogP contribution in [0.1, 0.15) is 12.5 Å². The number of carbonyl (C=O) groups is 3. The van der Waals surface area contributed by atoms with E-state index in [4.69, 9.17) is 6.42 Å². The molecule has 10 nitrogen and oxygen atoms in total. The topological polar surface area (TPSA) is 122 Å². The number of urea groups is 1. The van der Waals surface area contributed by atoms with E-state index < -0.39 is 29.9 Å². The lowest BCUT2D eigenvalue weighted by molar-refractivity contribution is -0.133. The van der Waals surface area contributed by atoms with Crippen molar-refractivity contribution in [1.29, 1.82) is 0 Å². The van der Waals surface area contributed by atoms with Crippen molar-refractivity contribution >= 4 is 34.8 Å². The van der Waals surface area contributed by atoms with Crippen LogP contribution in [0.3, 0.4) is 0 Å². The summed E-state index contributed by atoms with van der Waals surface area (Å²) in [6, 6.07) is 8.20. The minimum Gasteiger partial charge on any atom is -0.319 e. The van der Waals surface area contributed by atoms with Crippen LogP contribution in [0.4, 0.5) is 10.6 Å². The van der Waals surface area contributed by atoms with Crippen molar-refractivity contribution < 1.29 is 14.4 Å². The number of benzene rings is 1. The molecule has 3 heterocycles. The van der Waals surface area contributed by atoms with E-state index in [1.54, 1.807) is 35.8 Å². The molecule has 4 rings (SSSR count). The number of anilines is 1. The number of carbonyl (C=O) groups excluding carboxylic acids is 3. The average molecular weight is 403 g/mol. The van der Waals surface area contributed by atoms with Gasteiger partial charge in [0.25, 0.3) is 5.91 Å². The average Bonchev–Trinajstić information content (AvgIpc) is 3.25. The molecular weight excluding hydrogens is 386 g/mol. The van der Waals surface area contributed by atoms with Crippen LogP contribution in [0.5, 0.6) is 0 Å². The molecule has 4 amide bonds. The molecule has 1 atom stereocenters. The molecule has 150 valence electrons. The van der Waals surface area contributed by atoms with Crippen molar-refractivity contribution in [2.75, 3.05) is 11.9 Å². The Labute approximate surface area is 171 Å². The highest BCUT2D eigenvalue weighted by molar-refractivity contribution is 6.10. The predicted molar refractivity (Wildman–Crippen MR) is 107 cm³/mol. The zero-order chi connectivity index (χ0) is 21.3. The second-order valence-corrected chi connectivity index (χ2v) is 6.83. The van der Waals surface area contributed by atoms with E-state index in [1.807, 2.05) is 6.07 Å². The Hall–Kier alpha value is -4.26. The Morgan fingerprint density at radius 3 is 2.73 bits per heavy atom. The van der Waals surface area contributed by atoms with Gasteiger partial charge in [-0.1, -0.05) is 36.3 Å². The fourth-order valence-corrected chi connectivity index (χ4v) is 3.31. The lowest BCUT2D eigenvalue weighted by atomic mass is 9.92. The van der Waals surface area contributed by atoms with Gasteiger partial charge in [0.05, 0.1) is 12.9 Å². The van der Waals surface area contributed by atoms with E-state index in [-0.39, 0.29) is 12.4 Å². The summed E-state index contributed by atoms with van der Waals surface area (Å²) >= 11 is 0. The van der Waals surface area contributed by atoms with Crippen molar-refractivity contribution in [3.8, 4) is 12.3 Å². The Bertz CT molecular complexity index is 1200. The molecule has 2 aromatic heterocycles. The number of aromatic nitrogens is 4. The highest BCUT2D eigenvalue weighted by atomic mass is 16.2. The van der Waals surface area contributed by atoms with Gasteiger partial charge in [0, 0.05) is 0 Å². The molecule has 0 radical (unpaired) electrons. The van der Waals surface area contributed by atoms with Crippen molar-refractivity contribution in [3.05, 3.63) is 48.5 Å². The number of rotatable bonds is 5. The van der Waals surface area contributed by atoms with Crippen LogP contribution in [-0.4, -0.2) is 48.8 Å². The highest BCUT2D eigenvalue weighted by Crippen LogP contribution is 2.28. The van der Waals surface area contributed by atoms with Crippen molar-refractivity contribution in [1.82, 2.24) is 29.7 Å². The first-order valence-electron chi connectivity index (χ1n) is 9.03. The molecule has 1 aromatic carbocycles. The van der Waals surface area contributed by atoms with Gasteiger partial charge >= 0.3 is 6.03 Å². The SMILES string of the molecule is C#CCn1cnc2c(NC(=O)CN3C(=O)N[C@](C)(c4ccccc4)C3=O)ncnc21. The molecular formula is C20H17N7O3. The van der Waals surface area contributed by atoms with Gasteiger partial charge in [-0.3, -0.25) is 14.5 Å². The maximum atomic E-state index is 12.9. The molecule has 1 fully saturated rings. The van der Waals surface area contributed by atoms with Gasteiger partial charge in [0.2, 0.25) is 5.91 Å². The molecule has 30 heavy (non-hydrogen) atoms. The van der Waals surface area contributed by atoms with Crippen LogP contribution >= 0.6 is 0 Å². The quantitative estimate of drug-likeness (QED) is 0.481. The molecule has 2 N–H and O–H groups in total. The van der Waals surface area contributed by atoms with Gasteiger partial charge in [-0.15, -0.1) is 6.42 Å². The first-order chi connectivity index (χ1) is 14.4. The normalized spacial score (nSPS) is 18.3. The summed E-state index contributed by atoms with van der Waals surface area (Å²) in [5.74, 6) is 1.54. The number of fused-ring (bicyclic) bond motifs is 1. The summed E-state index contributed by atoms with van der Waals surface area (Å²) in [4.78, 5) is 51.1. The second kappa shape index (κ2) is 7.29. The minimum atomic E-state index is -1.24. The first-order valence-corrected chi connectivity index (χ1v) is 9.03. The van der Waals surface area contributed by atoms with Gasteiger partial charge in [0.1, 0.15) is 18.4 Å². The third-order valence-corrected chi connectivity index (χ3v) is 4.85. The van der Waals surface area contributed by atoms with E-state index in [9.17, 15) is 14.4 Å². The number of amides is 4. The number of terminal acetylenes is 1. The molecule has 3 aromatic rings. The van der Waals surface area contributed by atoms with Crippen molar-refractivity contribution in [2.24, 2.45) is 0 Å². The maximum absolute atomic E-state index is 12.9. The molecule has 1 aliphatic heterocycles. The number of nitrogens with one attached hydrogen (secondary N) is 2. The first kappa shape index (κ1) is 19.1. The van der Waals surface area contributed by atoms with E-state index >= 15 is 0 Å². The Morgan fingerprint density at radius 1 is 1.23 bits per heavy atom. The molecule has 0 saturated carbocycles. The summed E-state index contributed by atoms with van der Waals surface area (Å²) in [6.07, 6.45) is 8.09. The smallest absolute Gasteiger partial charge is 0.319 e. The summed E-state index contributed by atoms with van der Waals surface area (Å²) in [5, 5.41) is 5.24. The summed E-state index contributed by atoms with van der Waals surface area (Å²) in [5.41, 5.74) is 0.203. The fourth-order valence-electron chi connectivity index (χ4n) is 3.31. The zero-order valence-corrected chi connectivity index (χ0v) is 16.0. The maximum Gasteiger partial charge on any atom is 0.325 e. The lowest BCUT2D eigenvalue weighted by Gasteiger charge is -2.22. The van der Waals surface area contributed by atoms with Gasteiger partial charge in [-0.2, -0.15) is 0 Å². The number of nitrogens with zero attached hydrogens (tertiary/aromatic N) is 5. The summed E-state index contributed by atoms with van der Waals surface area (Å²) < 4.78 is 1.63. The number of imide groups is 1. The van der Waals surface area contributed by atoms with Crippen LogP contribution in [0.25, 0.3) is 11.2 Å². The molecule has 1 saturated heterocycles. The van der Waals surface area contributed by atoms with Crippen LogP contribution in [-0.2, 0) is 21.7 Å². The molecule has 1 aliphatic rings.